The molecule has 1 amide bonds. The van der Waals surface area contributed by atoms with Crippen LogP contribution in [0.25, 0.3) is 0 Å². The van der Waals surface area contributed by atoms with E-state index in [-0.39, 0.29) is 17.9 Å². The molecule has 0 aromatic rings. The number of amides is 1. The molecular formula is C15H28N2O3. The molecule has 1 atom stereocenters. The lowest BCUT2D eigenvalue weighted by Gasteiger charge is -2.33. The summed E-state index contributed by atoms with van der Waals surface area (Å²) < 4.78 is 5.55. The minimum Gasteiger partial charge on any atom is -0.383 e. The van der Waals surface area contributed by atoms with Crippen molar-refractivity contribution in [3.05, 3.63) is 0 Å². The molecule has 5 heteroatoms. The summed E-state index contributed by atoms with van der Waals surface area (Å²) in [5.74, 6) is -0.0647. The molecule has 2 fully saturated rings. The number of carbonyl (C=O) groups is 1. The summed E-state index contributed by atoms with van der Waals surface area (Å²) in [6.45, 7) is 7.67. The average molecular weight is 284 g/mol. The van der Waals surface area contributed by atoms with Crippen LogP contribution < -0.4 is 5.32 Å². The molecule has 1 aliphatic heterocycles. The van der Waals surface area contributed by atoms with Crippen molar-refractivity contribution >= 4 is 5.91 Å². The Morgan fingerprint density at radius 1 is 1.30 bits per heavy atom. The van der Waals surface area contributed by atoms with E-state index in [9.17, 15) is 9.90 Å². The van der Waals surface area contributed by atoms with Crippen LogP contribution in [0, 0.1) is 5.92 Å². The molecule has 2 rings (SSSR count). The van der Waals surface area contributed by atoms with Gasteiger partial charge in [-0.05, 0) is 58.5 Å². The van der Waals surface area contributed by atoms with Crippen LogP contribution in [0.15, 0.2) is 0 Å². The van der Waals surface area contributed by atoms with Gasteiger partial charge in [-0.1, -0.05) is 0 Å². The van der Waals surface area contributed by atoms with Gasteiger partial charge in [-0.15, -0.1) is 0 Å². The van der Waals surface area contributed by atoms with Gasteiger partial charge in [-0.3, -0.25) is 4.79 Å². The maximum atomic E-state index is 11.8. The average Bonchev–Trinajstić information content (AvgIpc) is 3.22. The molecular weight excluding hydrogens is 256 g/mol. The second kappa shape index (κ2) is 7.38. The molecule has 1 saturated heterocycles. The van der Waals surface area contributed by atoms with E-state index in [1.807, 2.05) is 13.8 Å². The van der Waals surface area contributed by atoms with Crippen molar-refractivity contribution in [2.75, 3.05) is 26.2 Å². The Morgan fingerprint density at radius 3 is 2.50 bits per heavy atom. The van der Waals surface area contributed by atoms with E-state index < -0.39 is 6.10 Å². The second-order valence-corrected chi connectivity index (χ2v) is 6.33. The first-order chi connectivity index (χ1) is 9.56. The highest BCUT2D eigenvalue weighted by atomic mass is 16.5. The first-order valence-electron chi connectivity index (χ1n) is 7.88. The number of aliphatic hydroxyl groups is 1. The summed E-state index contributed by atoms with van der Waals surface area (Å²) in [6.07, 6.45) is 3.35. The number of likely N-dealkylation sites (tertiary alicyclic amines) is 1. The van der Waals surface area contributed by atoms with Gasteiger partial charge in [-0.25, -0.2) is 0 Å². The van der Waals surface area contributed by atoms with Gasteiger partial charge in [0, 0.05) is 12.6 Å². The summed E-state index contributed by atoms with van der Waals surface area (Å²) in [5, 5.41) is 13.0. The summed E-state index contributed by atoms with van der Waals surface area (Å²) in [4.78, 5) is 14.2. The van der Waals surface area contributed by atoms with E-state index >= 15 is 0 Å². The second-order valence-electron chi connectivity index (χ2n) is 6.33. The fourth-order valence-electron chi connectivity index (χ4n) is 2.64. The van der Waals surface area contributed by atoms with Crippen LogP contribution in [0.1, 0.15) is 39.5 Å². The highest BCUT2D eigenvalue weighted by Gasteiger charge is 2.32. The van der Waals surface area contributed by atoms with Gasteiger partial charge in [0.05, 0.1) is 12.7 Å². The van der Waals surface area contributed by atoms with Crippen LogP contribution >= 0.6 is 0 Å². The molecule has 1 unspecified atom stereocenters. The molecule has 2 N–H and O–H groups in total. The highest BCUT2D eigenvalue weighted by molar-refractivity contribution is 5.81. The van der Waals surface area contributed by atoms with E-state index in [1.54, 1.807) is 0 Å². The third kappa shape index (κ3) is 5.04. The molecule has 0 aromatic carbocycles. The summed E-state index contributed by atoms with van der Waals surface area (Å²) in [6, 6.07) is 0.324. The molecule has 1 aliphatic carbocycles. The molecule has 116 valence electrons. The largest absolute Gasteiger partial charge is 0.383 e. The number of piperidine rings is 1. The zero-order chi connectivity index (χ0) is 14.5. The molecule has 5 nitrogen and oxygen atoms in total. The van der Waals surface area contributed by atoms with Crippen molar-refractivity contribution in [2.24, 2.45) is 5.92 Å². The van der Waals surface area contributed by atoms with Crippen molar-refractivity contribution in [2.45, 2.75) is 57.8 Å². The number of rotatable bonds is 7. The van der Waals surface area contributed by atoms with Crippen LogP contribution in [0.3, 0.4) is 0 Å². The zero-order valence-corrected chi connectivity index (χ0v) is 12.7. The van der Waals surface area contributed by atoms with Crippen molar-refractivity contribution in [1.29, 1.82) is 0 Å². The third-order valence-electron chi connectivity index (χ3n) is 4.13. The monoisotopic (exact) mass is 284 g/mol. The summed E-state index contributed by atoms with van der Waals surface area (Å²) >= 11 is 0. The fraction of sp³-hybridized carbons (Fsp3) is 0.933. The van der Waals surface area contributed by atoms with Crippen LogP contribution in [0.4, 0.5) is 0 Å². The number of ether oxygens (including phenoxy) is 1. The van der Waals surface area contributed by atoms with E-state index in [0.717, 1.165) is 51.9 Å². The van der Waals surface area contributed by atoms with Gasteiger partial charge in [0.2, 0.25) is 5.91 Å². The smallest absolute Gasteiger partial charge is 0.249 e. The predicted molar refractivity (Wildman–Crippen MR) is 77.4 cm³/mol. The normalized spacial score (nSPS) is 23.0. The van der Waals surface area contributed by atoms with Gasteiger partial charge in [-0.2, -0.15) is 0 Å². The zero-order valence-electron chi connectivity index (χ0n) is 12.7. The topological polar surface area (TPSA) is 61.8 Å². The lowest BCUT2D eigenvalue weighted by atomic mass is 9.90. The summed E-state index contributed by atoms with van der Waals surface area (Å²) in [7, 11) is 0. The van der Waals surface area contributed by atoms with E-state index in [0.29, 0.717) is 6.04 Å². The molecule has 1 heterocycles. The molecule has 2 aliphatic rings. The van der Waals surface area contributed by atoms with Gasteiger partial charge >= 0.3 is 0 Å². The number of nitrogens with one attached hydrogen (secondary N) is 1. The Balaban J connectivity index is 1.63. The molecule has 0 bridgehead atoms. The Bertz CT molecular complexity index is 310. The standard InChI is InChI=1S/C15H28N2O3/c1-11(2)20-10-9-17-7-5-12(6-8-17)14(18)15(19)16-13-3-4-13/h11-14,18H,3-10H2,1-2H3,(H,16,19). The Hall–Kier alpha value is -0.650. The predicted octanol–water partition coefficient (Wildman–Crippen LogP) is 0.763. The minimum atomic E-state index is -0.829. The number of hydrogen-bond acceptors (Lipinski definition) is 4. The lowest BCUT2D eigenvalue weighted by Crippen LogP contribution is -2.45. The SMILES string of the molecule is CC(C)OCCN1CCC(C(O)C(=O)NC2CC2)CC1. The van der Waals surface area contributed by atoms with Gasteiger partial charge in [0.1, 0.15) is 6.10 Å². The van der Waals surface area contributed by atoms with Crippen molar-refractivity contribution < 1.29 is 14.6 Å². The fourth-order valence-corrected chi connectivity index (χ4v) is 2.64. The van der Waals surface area contributed by atoms with Crippen LogP contribution in [-0.4, -0.2) is 60.4 Å². The van der Waals surface area contributed by atoms with Crippen LogP contribution in [-0.2, 0) is 9.53 Å². The minimum absolute atomic E-state index is 0.107. The number of nitrogens with zero attached hydrogens (tertiary/aromatic N) is 1. The van der Waals surface area contributed by atoms with Crippen molar-refractivity contribution in [3.63, 3.8) is 0 Å². The van der Waals surface area contributed by atoms with E-state index in [4.69, 9.17) is 4.74 Å². The first-order valence-corrected chi connectivity index (χ1v) is 7.88. The van der Waals surface area contributed by atoms with E-state index in [2.05, 4.69) is 10.2 Å². The Morgan fingerprint density at radius 2 is 1.95 bits per heavy atom. The lowest BCUT2D eigenvalue weighted by molar-refractivity contribution is -0.133. The number of hydrogen-bond donors (Lipinski definition) is 2. The van der Waals surface area contributed by atoms with Gasteiger partial charge in [0.15, 0.2) is 0 Å². The summed E-state index contributed by atoms with van der Waals surface area (Å²) in [5.41, 5.74) is 0. The molecule has 0 spiro atoms. The Labute approximate surface area is 121 Å². The van der Waals surface area contributed by atoms with Crippen LogP contribution in [0.5, 0.6) is 0 Å². The first kappa shape index (κ1) is 15.7. The molecule has 0 radical (unpaired) electrons. The quantitative estimate of drug-likeness (QED) is 0.725. The van der Waals surface area contributed by atoms with Gasteiger partial charge < -0.3 is 20.1 Å². The van der Waals surface area contributed by atoms with E-state index in [1.165, 1.54) is 0 Å². The molecule has 1 saturated carbocycles. The number of aliphatic hydroxyl groups excluding tert-OH is 1. The number of carbonyl (C=O) groups excluding carboxylic acids is 1. The maximum Gasteiger partial charge on any atom is 0.249 e. The molecule has 20 heavy (non-hydrogen) atoms. The highest BCUT2D eigenvalue weighted by Crippen LogP contribution is 2.23. The van der Waals surface area contributed by atoms with Gasteiger partial charge in [0.25, 0.3) is 0 Å². The Kier molecular flexibility index (Phi) is 5.81. The molecule has 0 aromatic heterocycles. The van der Waals surface area contributed by atoms with Crippen molar-refractivity contribution in [1.82, 2.24) is 10.2 Å². The maximum absolute atomic E-state index is 11.8. The third-order valence-corrected chi connectivity index (χ3v) is 4.13. The van der Waals surface area contributed by atoms with Crippen molar-refractivity contribution in [3.8, 4) is 0 Å². The van der Waals surface area contributed by atoms with Crippen LogP contribution in [0.2, 0.25) is 0 Å².